The first-order chi connectivity index (χ1) is 16.8. The normalized spacial score (nSPS) is 11.0. The maximum absolute atomic E-state index is 12.9. The number of carboxylic acids is 1. The lowest BCUT2D eigenvalue weighted by Gasteiger charge is -2.25. The number of carbonyl (C=O) groups excluding carboxylic acids is 2. The van der Waals surface area contributed by atoms with E-state index < -0.39 is 12.5 Å². The number of aliphatic carboxylic acids is 1. The van der Waals surface area contributed by atoms with Crippen molar-refractivity contribution in [3.63, 3.8) is 0 Å². The summed E-state index contributed by atoms with van der Waals surface area (Å²) in [4.78, 5) is 37.8. The fraction of sp³-hybridized carbons (Fsp3) is 0.679. The summed E-state index contributed by atoms with van der Waals surface area (Å²) in [6, 6.07) is 3.73. The molecule has 7 heteroatoms. The Labute approximate surface area is 224 Å². The number of rotatable bonds is 19. The van der Waals surface area contributed by atoms with Gasteiger partial charge in [0, 0.05) is 10.9 Å². The highest BCUT2D eigenvalue weighted by molar-refractivity contribution is 9.10. The molecule has 1 aromatic rings. The quantitative estimate of drug-likeness (QED) is 0.170. The van der Waals surface area contributed by atoms with Crippen LogP contribution in [0, 0.1) is 13.8 Å². The summed E-state index contributed by atoms with van der Waals surface area (Å²) >= 11 is 4.45. The highest BCUT2D eigenvalue weighted by Gasteiger charge is 2.23. The molecule has 0 aliphatic heterocycles. The van der Waals surface area contributed by atoms with Crippen LogP contribution in [0.2, 0.25) is 0 Å². The number of halogens is 1. The molecule has 0 bridgehead atoms. The van der Waals surface area contributed by atoms with Crippen molar-refractivity contribution in [3.8, 4) is 0 Å². The third-order valence-electron chi connectivity index (χ3n) is 6.27. The number of benzene rings is 1. The first-order valence-corrected chi connectivity index (χ1v) is 15.0. The van der Waals surface area contributed by atoms with Crippen molar-refractivity contribution in [3.05, 3.63) is 27.7 Å². The van der Waals surface area contributed by atoms with Gasteiger partial charge in [0.05, 0.1) is 11.4 Å². The third kappa shape index (κ3) is 13.5. The van der Waals surface area contributed by atoms with Crippen LogP contribution in [0.5, 0.6) is 0 Å². The van der Waals surface area contributed by atoms with Crippen molar-refractivity contribution in [1.29, 1.82) is 0 Å². The van der Waals surface area contributed by atoms with Gasteiger partial charge in [-0.15, -0.1) is 0 Å². The van der Waals surface area contributed by atoms with E-state index in [2.05, 4.69) is 22.9 Å². The zero-order valence-corrected chi connectivity index (χ0v) is 24.3. The van der Waals surface area contributed by atoms with Gasteiger partial charge in [0.15, 0.2) is 5.12 Å². The molecule has 5 nitrogen and oxygen atoms in total. The second-order valence-electron chi connectivity index (χ2n) is 9.36. The van der Waals surface area contributed by atoms with Gasteiger partial charge in [0.25, 0.3) is 0 Å². The second kappa shape index (κ2) is 18.9. The molecule has 0 aromatic heterocycles. The predicted molar refractivity (Wildman–Crippen MR) is 151 cm³/mol. The molecule has 0 saturated carbocycles. The van der Waals surface area contributed by atoms with E-state index in [1.54, 1.807) is 0 Å². The molecule has 0 aliphatic carbocycles. The Morgan fingerprint density at radius 1 is 0.857 bits per heavy atom. The maximum Gasteiger partial charge on any atom is 0.323 e. The van der Waals surface area contributed by atoms with Crippen molar-refractivity contribution in [2.45, 2.75) is 111 Å². The topological polar surface area (TPSA) is 74.7 Å². The van der Waals surface area contributed by atoms with E-state index >= 15 is 0 Å². The summed E-state index contributed by atoms with van der Waals surface area (Å²) in [5, 5.41) is 9.33. The Morgan fingerprint density at radius 3 is 1.89 bits per heavy atom. The number of unbranched alkanes of at least 4 members (excludes halogenated alkanes) is 12. The molecule has 0 radical (unpaired) electrons. The number of carboxylic acid groups (broad SMARTS) is 1. The van der Waals surface area contributed by atoms with Crippen LogP contribution < -0.4 is 4.90 Å². The van der Waals surface area contributed by atoms with Gasteiger partial charge in [-0.25, -0.2) is 0 Å². The molecule has 0 heterocycles. The number of nitrogens with zero attached hydrogens (tertiary/aromatic N) is 1. The van der Waals surface area contributed by atoms with Crippen molar-refractivity contribution in [2.75, 3.05) is 17.2 Å². The first kappa shape index (κ1) is 31.7. The molecule has 1 amide bonds. The van der Waals surface area contributed by atoms with Crippen LogP contribution in [0.3, 0.4) is 0 Å². The number of thioether (sulfide) groups is 1. The fourth-order valence-electron chi connectivity index (χ4n) is 4.23. The SMILES string of the molecule is CCCCCCCCCCCCCCCC(=O)SCC(=O)N(CC(=O)O)c1c(C)ccc(Br)c1C. The molecule has 0 spiro atoms. The molecule has 0 unspecified atom stereocenters. The number of aryl methyl sites for hydroxylation is 1. The molecule has 198 valence electrons. The Balaban J connectivity index is 2.27. The lowest BCUT2D eigenvalue weighted by Crippen LogP contribution is -2.38. The number of anilines is 1. The van der Waals surface area contributed by atoms with E-state index in [-0.39, 0.29) is 16.8 Å². The van der Waals surface area contributed by atoms with E-state index in [0.29, 0.717) is 12.1 Å². The van der Waals surface area contributed by atoms with Gasteiger partial charge in [-0.2, -0.15) is 0 Å². The standard InChI is InChI=1S/C28H44BrNO4S/c1-4-5-6-7-8-9-10-11-12-13-14-15-16-17-27(34)35-21-25(31)30(20-26(32)33)28-22(2)18-19-24(29)23(28)3/h18-19H,4-17,20-21H2,1-3H3,(H,32,33). The zero-order valence-electron chi connectivity index (χ0n) is 21.9. The van der Waals surface area contributed by atoms with Gasteiger partial charge < -0.3 is 5.11 Å². The van der Waals surface area contributed by atoms with E-state index in [1.165, 1.54) is 69.1 Å². The minimum Gasteiger partial charge on any atom is -0.480 e. The van der Waals surface area contributed by atoms with Crippen molar-refractivity contribution >= 4 is 50.4 Å². The Hall–Kier alpha value is -1.34. The van der Waals surface area contributed by atoms with Gasteiger partial charge in [0.1, 0.15) is 6.54 Å². The van der Waals surface area contributed by atoms with E-state index in [4.69, 9.17) is 0 Å². The van der Waals surface area contributed by atoms with Crippen LogP contribution in [0.1, 0.15) is 108 Å². The minimum absolute atomic E-state index is 0.000570. The summed E-state index contributed by atoms with van der Waals surface area (Å²) in [5.41, 5.74) is 2.22. The Kier molecular flexibility index (Phi) is 17.1. The fourth-order valence-corrected chi connectivity index (χ4v) is 5.28. The average Bonchev–Trinajstić information content (AvgIpc) is 2.82. The molecule has 35 heavy (non-hydrogen) atoms. The molecule has 1 rings (SSSR count). The largest absolute Gasteiger partial charge is 0.480 e. The lowest BCUT2D eigenvalue weighted by molar-refractivity contribution is -0.136. The number of hydrogen-bond acceptors (Lipinski definition) is 4. The minimum atomic E-state index is -1.08. The Bertz CT molecular complexity index is 799. The van der Waals surface area contributed by atoms with E-state index in [0.717, 1.165) is 46.6 Å². The van der Waals surface area contributed by atoms with E-state index in [1.807, 2.05) is 26.0 Å². The lowest BCUT2D eigenvalue weighted by atomic mass is 10.0. The molecule has 0 fully saturated rings. The Morgan fingerprint density at radius 2 is 1.37 bits per heavy atom. The molecule has 1 N–H and O–H groups in total. The van der Waals surface area contributed by atoms with Gasteiger partial charge in [-0.05, 0) is 37.5 Å². The van der Waals surface area contributed by atoms with Crippen LogP contribution in [0.25, 0.3) is 0 Å². The summed E-state index contributed by atoms with van der Waals surface area (Å²) < 4.78 is 0.812. The summed E-state index contributed by atoms with van der Waals surface area (Å²) in [6.45, 7) is 5.52. The van der Waals surface area contributed by atoms with Crippen LogP contribution in [0.4, 0.5) is 5.69 Å². The monoisotopic (exact) mass is 569 g/mol. The van der Waals surface area contributed by atoms with Crippen LogP contribution in [0.15, 0.2) is 16.6 Å². The van der Waals surface area contributed by atoms with Gasteiger partial charge in [0.2, 0.25) is 5.91 Å². The van der Waals surface area contributed by atoms with Gasteiger partial charge >= 0.3 is 5.97 Å². The first-order valence-electron chi connectivity index (χ1n) is 13.2. The third-order valence-corrected chi connectivity index (χ3v) is 8.05. The average molecular weight is 571 g/mol. The number of carbonyl (C=O) groups is 3. The summed E-state index contributed by atoms with van der Waals surface area (Å²) in [6.07, 6.45) is 16.8. The summed E-state index contributed by atoms with van der Waals surface area (Å²) in [5.74, 6) is -1.49. The van der Waals surface area contributed by atoms with Crippen molar-refractivity contribution < 1.29 is 19.5 Å². The number of hydrogen-bond donors (Lipinski definition) is 1. The molecular weight excluding hydrogens is 526 g/mol. The molecule has 0 saturated heterocycles. The smallest absolute Gasteiger partial charge is 0.323 e. The maximum atomic E-state index is 12.9. The van der Waals surface area contributed by atoms with Crippen molar-refractivity contribution in [2.24, 2.45) is 0 Å². The van der Waals surface area contributed by atoms with Crippen LogP contribution in [-0.2, 0) is 14.4 Å². The van der Waals surface area contributed by atoms with Gasteiger partial charge in [-0.1, -0.05) is 118 Å². The van der Waals surface area contributed by atoms with Crippen molar-refractivity contribution in [1.82, 2.24) is 0 Å². The molecular formula is C28H44BrNO4S. The number of amides is 1. The second-order valence-corrected chi connectivity index (χ2v) is 11.3. The van der Waals surface area contributed by atoms with Gasteiger partial charge in [-0.3, -0.25) is 19.3 Å². The molecule has 0 aliphatic rings. The molecule has 1 aromatic carbocycles. The van der Waals surface area contributed by atoms with Crippen LogP contribution >= 0.6 is 27.7 Å². The van der Waals surface area contributed by atoms with E-state index in [9.17, 15) is 19.5 Å². The molecule has 0 atom stereocenters. The predicted octanol–water partition coefficient (Wildman–Crippen LogP) is 8.22. The van der Waals surface area contributed by atoms with Crippen LogP contribution in [-0.4, -0.2) is 34.4 Å². The highest BCUT2D eigenvalue weighted by Crippen LogP contribution is 2.31. The zero-order chi connectivity index (χ0) is 26.1. The summed E-state index contributed by atoms with van der Waals surface area (Å²) in [7, 11) is 0. The highest BCUT2D eigenvalue weighted by atomic mass is 79.9.